The van der Waals surface area contributed by atoms with Crippen LogP contribution >= 0.6 is 0 Å². The highest BCUT2D eigenvalue weighted by atomic mass is 16.5. The molecule has 6 heteroatoms. The highest BCUT2D eigenvalue weighted by Crippen LogP contribution is 2.30. The fourth-order valence-corrected chi connectivity index (χ4v) is 2.21. The summed E-state index contributed by atoms with van der Waals surface area (Å²) in [6, 6.07) is 12.2. The van der Waals surface area contributed by atoms with Crippen LogP contribution in [0.4, 0.5) is 11.4 Å². The van der Waals surface area contributed by atoms with Crippen LogP contribution in [0.15, 0.2) is 42.5 Å². The lowest BCUT2D eigenvalue weighted by atomic mass is 10.2. The molecule has 2 aromatic rings. The molecule has 0 aliphatic carbocycles. The normalized spacial score (nSPS) is 10.0. The van der Waals surface area contributed by atoms with E-state index in [4.69, 9.17) is 9.47 Å². The molecule has 2 N–H and O–H groups in total. The van der Waals surface area contributed by atoms with E-state index >= 15 is 0 Å². The van der Waals surface area contributed by atoms with Gasteiger partial charge in [-0.3, -0.25) is 9.59 Å². The smallest absolute Gasteiger partial charge is 0.314 e. The Balaban J connectivity index is 2.07. The number of carbonyl (C=O) groups is 2. The van der Waals surface area contributed by atoms with Crippen LogP contribution < -0.4 is 20.1 Å². The largest absolute Gasteiger partial charge is 0.490 e. The molecule has 6 nitrogen and oxygen atoms in total. The lowest BCUT2D eigenvalue weighted by molar-refractivity contribution is -0.133. The summed E-state index contributed by atoms with van der Waals surface area (Å²) >= 11 is 0. The number of hydrogen-bond donors (Lipinski definition) is 2. The topological polar surface area (TPSA) is 76.7 Å². The second-order valence-electron chi connectivity index (χ2n) is 5.25. The molecule has 132 valence electrons. The fourth-order valence-electron chi connectivity index (χ4n) is 2.21. The summed E-state index contributed by atoms with van der Waals surface area (Å²) in [6.45, 7) is 6.56. The fraction of sp³-hybridized carbons (Fsp3) is 0.263. The molecule has 0 aromatic heterocycles. The molecular weight excluding hydrogens is 320 g/mol. The molecule has 0 atom stereocenters. The number of carbonyl (C=O) groups excluding carboxylic acids is 2. The summed E-state index contributed by atoms with van der Waals surface area (Å²) in [7, 11) is 0. The quantitative estimate of drug-likeness (QED) is 0.789. The highest BCUT2D eigenvalue weighted by molar-refractivity contribution is 6.43. The van der Waals surface area contributed by atoms with Gasteiger partial charge in [0.2, 0.25) is 0 Å². The van der Waals surface area contributed by atoms with Gasteiger partial charge < -0.3 is 20.1 Å². The lowest BCUT2D eigenvalue weighted by Crippen LogP contribution is -2.29. The zero-order valence-electron chi connectivity index (χ0n) is 14.6. The van der Waals surface area contributed by atoms with Gasteiger partial charge in [0.05, 0.1) is 13.2 Å². The van der Waals surface area contributed by atoms with Crippen LogP contribution in [-0.4, -0.2) is 25.0 Å². The molecule has 0 aliphatic rings. The van der Waals surface area contributed by atoms with Gasteiger partial charge in [0, 0.05) is 17.4 Å². The number of anilines is 2. The molecule has 0 saturated heterocycles. The van der Waals surface area contributed by atoms with E-state index < -0.39 is 11.8 Å². The van der Waals surface area contributed by atoms with Crippen LogP contribution in [0.3, 0.4) is 0 Å². The maximum atomic E-state index is 12.1. The minimum absolute atomic E-state index is 0.455. The minimum atomic E-state index is -0.755. The zero-order valence-corrected chi connectivity index (χ0v) is 14.6. The molecule has 0 aliphatic heterocycles. The third-order valence-corrected chi connectivity index (χ3v) is 3.40. The predicted octanol–water partition coefficient (Wildman–Crippen LogP) is 3.37. The Morgan fingerprint density at radius 3 is 2.20 bits per heavy atom. The number of aryl methyl sites for hydroxylation is 1. The second-order valence-corrected chi connectivity index (χ2v) is 5.25. The molecular formula is C19H22N2O4. The molecule has 0 spiro atoms. The summed E-state index contributed by atoms with van der Waals surface area (Å²) in [4.78, 5) is 24.2. The second kappa shape index (κ2) is 8.73. The van der Waals surface area contributed by atoms with Gasteiger partial charge in [-0.15, -0.1) is 0 Å². The van der Waals surface area contributed by atoms with Gasteiger partial charge in [0.25, 0.3) is 0 Å². The first-order valence-corrected chi connectivity index (χ1v) is 8.12. The van der Waals surface area contributed by atoms with Crippen molar-refractivity contribution in [3.05, 3.63) is 48.0 Å². The monoisotopic (exact) mass is 342 g/mol. The van der Waals surface area contributed by atoms with Crippen molar-refractivity contribution in [1.82, 2.24) is 0 Å². The van der Waals surface area contributed by atoms with Gasteiger partial charge in [-0.2, -0.15) is 0 Å². The maximum Gasteiger partial charge on any atom is 0.314 e. The molecule has 0 fully saturated rings. The molecule has 2 aromatic carbocycles. The first-order valence-electron chi connectivity index (χ1n) is 8.12. The van der Waals surface area contributed by atoms with E-state index in [-0.39, 0.29) is 0 Å². The van der Waals surface area contributed by atoms with Crippen LogP contribution in [-0.2, 0) is 9.59 Å². The lowest BCUT2D eigenvalue weighted by Gasteiger charge is -2.13. The van der Waals surface area contributed by atoms with Gasteiger partial charge in [-0.1, -0.05) is 18.2 Å². The van der Waals surface area contributed by atoms with E-state index in [1.165, 1.54) is 0 Å². The highest BCUT2D eigenvalue weighted by Gasteiger charge is 2.16. The average Bonchev–Trinajstić information content (AvgIpc) is 2.59. The van der Waals surface area contributed by atoms with Crippen molar-refractivity contribution in [2.24, 2.45) is 0 Å². The maximum absolute atomic E-state index is 12.1. The van der Waals surface area contributed by atoms with Crippen molar-refractivity contribution < 1.29 is 19.1 Å². The summed E-state index contributed by atoms with van der Waals surface area (Å²) in [6.07, 6.45) is 0. The Labute approximate surface area is 147 Å². The molecule has 2 rings (SSSR count). The molecule has 25 heavy (non-hydrogen) atoms. The van der Waals surface area contributed by atoms with Crippen LogP contribution in [0.1, 0.15) is 19.4 Å². The van der Waals surface area contributed by atoms with Gasteiger partial charge in [0.15, 0.2) is 11.5 Å². The number of amides is 2. The van der Waals surface area contributed by atoms with Gasteiger partial charge >= 0.3 is 11.8 Å². The summed E-state index contributed by atoms with van der Waals surface area (Å²) in [5, 5.41) is 5.16. The molecule has 0 saturated carbocycles. The molecule has 0 unspecified atom stereocenters. The summed E-state index contributed by atoms with van der Waals surface area (Å²) in [5.74, 6) is -0.385. The average molecular weight is 342 g/mol. The molecule has 0 heterocycles. The van der Waals surface area contributed by atoms with Crippen molar-refractivity contribution in [1.29, 1.82) is 0 Å². The zero-order chi connectivity index (χ0) is 18.2. The Morgan fingerprint density at radius 1 is 0.880 bits per heavy atom. The minimum Gasteiger partial charge on any atom is -0.490 e. The summed E-state index contributed by atoms with van der Waals surface area (Å²) in [5.41, 5.74) is 1.93. The van der Waals surface area contributed by atoms with Crippen LogP contribution in [0.25, 0.3) is 0 Å². The SMILES string of the molecule is CCOc1ccc(NC(=O)C(=O)Nc2ccccc2C)cc1OCC. The number of ether oxygens (including phenoxy) is 2. The van der Waals surface area contributed by atoms with Crippen LogP contribution in [0, 0.1) is 6.92 Å². The Bertz CT molecular complexity index is 759. The standard InChI is InChI=1S/C19H22N2O4/c1-4-24-16-11-10-14(12-17(16)25-5-2)20-18(22)19(23)21-15-9-7-6-8-13(15)3/h6-12H,4-5H2,1-3H3,(H,20,22)(H,21,23). The predicted molar refractivity (Wildman–Crippen MR) is 97.2 cm³/mol. The van der Waals surface area contributed by atoms with E-state index in [0.717, 1.165) is 5.56 Å². The number of benzene rings is 2. The van der Waals surface area contributed by atoms with E-state index in [1.807, 2.05) is 32.9 Å². The van der Waals surface area contributed by atoms with Gasteiger partial charge in [-0.05, 0) is 44.5 Å². The van der Waals surface area contributed by atoms with Crippen molar-refractivity contribution in [3.63, 3.8) is 0 Å². The number of nitrogens with one attached hydrogen (secondary N) is 2. The molecule has 2 amide bonds. The van der Waals surface area contributed by atoms with Gasteiger partial charge in [-0.25, -0.2) is 0 Å². The Morgan fingerprint density at radius 2 is 1.52 bits per heavy atom. The van der Waals surface area contributed by atoms with E-state index in [1.54, 1.807) is 30.3 Å². The number of para-hydroxylation sites is 1. The Kier molecular flexibility index (Phi) is 6.39. The number of hydrogen-bond acceptors (Lipinski definition) is 4. The third-order valence-electron chi connectivity index (χ3n) is 3.40. The van der Waals surface area contributed by atoms with E-state index in [2.05, 4.69) is 10.6 Å². The number of rotatable bonds is 6. The molecule has 0 bridgehead atoms. The van der Waals surface area contributed by atoms with Crippen LogP contribution in [0.2, 0.25) is 0 Å². The van der Waals surface area contributed by atoms with Crippen LogP contribution in [0.5, 0.6) is 11.5 Å². The van der Waals surface area contributed by atoms with Crippen molar-refractivity contribution >= 4 is 23.2 Å². The van der Waals surface area contributed by atoms with Gasteiger partial charge in [0.1, 0.15) is 0 Å². The van der Waals surface area contributed by atoms with E-state index in [9.17, 15) is 9.59 Å². The summed E-state index contributed by atoms with van der Waals surface area (Å²) < 4.78 is 11.0. The van der Waals surface area contributed by atoms with Crippen molar-refractivity contribution in [2.45, 2.75) is 20.8 Å². The Hall–Kier alpha value is -3.02. The van der Waals surface area contributed by atoms with E-state index in [0.29, 0.717) is 36.1 Å². The third kappa shape index (κ3) is 4.97. The van der Waals surface area contributed by atoms with Crippen molar-refractivity contribution in [3.8, 4) is 11.5 Å². The van der Waals surface area contributed by atoms with Crippen molar-refractivity contribution in [2.75, 3.05) is 23.8 Å². The first kappa shape index (κ1) is 18.3. The first-order chi connectivity index (χ1) is 12.0. The molecule has 0 radical (unpaired) electrons.